The highest BCUT2D eigenvalue weighted by Crippen LogP contribution is 2.34. The van der Waals surface area contributed by atoms with Gasteiger partial charge in [0.25, 0.3) is 0 Å². The molecule has 0 bridgehead atoms. The molecule has 1 aliphatic carbocycles. The van der Waals surface area contributed by atoms with Crippen molar-refractivity contribution >= 4 is 0 Å². The summed E-state index contributed by atoms with van der Waals surface area (Å²) in [6, 6.07) is 11.5. The summed E-state index contributed by atoms with van der Waals surface area (Å²) in [5.74, 6) is 0.616. The highest BCUT2D eigenvalue weighted by atomic mass is 16.3. The smallest absolute Gasteiger partial charge is 0.0935 e. The van der Waals surface area contributed by atoms with Gasteiger partial charge in [0.15, 0.2) is 0 Å². The summed E-state index contributed by atoms with van der Waals surface area (Å²) in [4.78, 5) is 0. The Kier molecular flexibility index (Phi) is 3.69. The van der Waals surface area contributed by atoms with Crippen molar-refractivity contribution in [3.8, 4) is 0 Å². The summed E-state index contributed by atoms with van der Waals surface area (Å²) in [6.45, 7) is 0. The first kappa shape index (κ1) is 12.5. The lowest BCUT2D eigenvalue weighted by Crippen LogP contribution is -2.35. The Morgan fingerprint density at radius 1 is 1.32 bits per heavy atom. The van der Waals surface area contributed by atoms with Crippen LogP contribution < -0.4 is 5.32 Å². The third-order valence-corrected chi connectivity index (χ3v) is 4.31. The number of hydrogen-bond donors (Lipinski definition) is 1. The van der Waals surface area contributed by atoms with Gasteiger partial charge in [-0.2, -0.15) is 0 Å². The molecular weight excluding hydrogens is 234 g/mol. The van der Waals surface area contributed by atoms with Gasteiger partial charge in [-0.15, -0.1) is 0 Å². The minimum Gasteiger partial charge on any atom is -0.472 e. The van der Waals surface area contributed by atoms with Gasteiger partial charge in [0.1, 0.15) is 0 Å². The van der Waals surface area contributed by atoms with Crippen LogP contribution in [0.4, 0.5) is 0 Å². The first-order chi connectivity index (χ1) is 9.38. The number of aryl methyl sites for hydroxylation is 1. The quantitative estimate of drug-likeness (QED) is 0.904. The molecule has 2 nitrogen and oxygen atoms in total. The summed E-state index contributed by atoms with van der Waals surface area (Å²) >= 11 is 0. The third-order valence-electron chi connectivity index (χ3n) is 4.31. The van der Waals surface area contributed by atoms with Gasteiger partial charge in [-0.3, -0.25) is 0 Å². The van der Waals surface area contributed by atoms with Crippen LogP contribution in [-0.4, -0.2) is 13.1 Å². The van der Waals surface area contributed by atoms with Crippen LogP contribution in [0.25, 0.3) is 0 Å². The molecule has 0 saturated heterocycles. The number of furan rings is 1. The summed E-state index contributed by atoms with van der Waals surface area (Å²) in [7, 11) is 2.07. The summed E-state index contributed by atoms with van der Waals surface area (Å²) in [5, 5.41) is 3.51. The average Bonchev–Trinajstić information content (AvgIpc) is 2.97. The molecule has 0 radical (unpaired) electrons. The number of benzene rings is 1. The topological polar surface area (TPSA) is 25.2 Å². The first-order valence-electron chi connectivity index (χ1n) is 7.14. The molecule has 2 unspecified atom stereocenters. The second kappa shape index (κ2) is 5.62. The van der Waals surface area contributed by atoms with Gasteiger partial charge in [-0.05, 0) is 61.4 Å². The SMILES string of the molecule is CNC(Cc1ccoc1)C1CCCc2ccccc21. The van der Waals surface area contributed by atoms with Crippen LogP contribution in [0.1, 0.15) is 35.4 Å². The standard InChI is InChI=1S/C17H21NO/c1-18-17(11-13-9-10-19-12-13)16-8-4-6-14-5-2-3-7-15(14)16/h2-3,5,7,9-10,12,16-18H,4,6,8,11H2,1H3. The van der Waals surface area contributed by atoms with Crippen molar-refractivity contribution in [2.24, 2.45) is 0 Å². The van der Waals surface area contributed by atoms with Crippen molar-refractivity contribution in [3.05, 3.63) is 59.5 Å². The van der Waals surface area contributed by atoms with Crippen LogP contribution in [-0.2, 0) is 12.8 Å². The highest BCUT2D eigenvalue weighted by molar-refractivity contribution is 5.34. The molecule has 0 saturated carbocycles. The Balaban J connectivity index is 1.84. The number of rotatable bonds is 4. The van der Waals surface area contributed by atoms with Crippen molar-refractivity contribution < 1.29 is 4.42 Å². The lowest BCUT2D eigenvalue weighted by Gasteiger charge is -2.32. The minimum atomic E-state index is 0.485. The zero-order valence-corrected chi connectivity index (χ0v) is 11.4. The maximum Gasteiger partial charge on any atom is 0.0935 e. The lowest BCUT2D eigenvalue weighted by atomic mass is 9.77. The Hall–Kier alpha value is -1.54. The van der Waals surface area contributed by atoms with Crippen LogP contribution >= 0.6 is 0 Å². The van der Waals surface area contributed by atoms with E-state index in [9.17, 15) is 0 Å². The van der Waals surface area contributed by atoms with E-state index < -0.39 is 0 Å². The van der Waals surface area contributed by atoms with Crippen molar-refractivity contribution in [3.63, 3.8) is 0 Å². The van der Waals surface area contributed by atoms with E-state index in [-0.39, 0.29) is 0 Å². The van der Waals surface area contributed by atoms with Crippen LogP contribution in [0.15, 0.2) is 47.3 Å². The summed E-state index contributed by atoms with van der Waals surface area (Å²) in [6.07, 6.45) is 8.46. The predicted octanol–water partition coefficient (Wildman–Crippen LogP) is 3.53. The average molecular weight is 255 g/mol. The Morgan fingerprint density at radius 3 is 3.00 bits per heavy atom. The van der Waals surface area contributed by atoms with E-state index in [0.717, 1.165) is 6.42 Å². The number of likely N-dealkylation sites (N-methyl/N-ethyl adjacent to an activating group) is 1. The fourth-order valence-corrected chi connectivity index (χ4v) is 3.32. The molecule has 0 spiro atoms. The molecule has 1 heterocycles. The third kappa shape index (κ3) is 2.59. The van der Waals surface area contributed by atoms with Crippen molar-refractivity contribution in [1.29, 1.82) is 0 Å². The van der Waals surface area contributed by atoms with E-state index in [4.69, 9.17) is 4.42 Å². The van der Waals surface area contributed by atoms with Gasteiger partial charge in [0.2, 0.25) is 0 Å². The number of fused-ring (bicyclic) bond motifs is 1. The normalized spacial score (nSPS) is 19.9. The van der Waals surface area contributed by atoms with Crippen LogP contribution in [0.2, 0.25) is 0 Å². The Bertz CT molecular complexity index is 518. The zero-order valence-electron chi connectivity index (χ0n) is 11.4. The second-order valence-electron chi connectivity index (χ2n) is 5.43. The molecule has 1 aromatic heterocycles. The first-order valence-corrected chi connectivity index (χ1v) is 7.14. The predicted molar refractivity (Wildman–Crippen MR) is 77.4 cm³/mol. The molecule has 3 rings (SSSR count). The molecule has 2 atom stereocenters. The fraction of sp³-hybridized carbons (Fsp3) is 0.412. The maximum atomic E-state index is 5.19. The highest BCUT2D eigenvalue weighted by Gasteiger charge is 2.26. The largest absolute Gasteiger partial charge is 0.472 e. The molecular formula is C17H21NO. The van der Waals surface area contributed by atoms with Crippen molar-refractivity contribution in [2.45, 2.75) is 37.6 Å². The van der Waals surface area contributed by atoms with Gasteiger partial charge in [0.05, 0.1) is 12.5 Å². The van der Waals surface area contributed by atoms with Gasteiger partial charge in [-0.1, -0.05) is 24.3 Å². The Morgan fingerprint density at radius 2 is 2.21 bits per heavy atom. The lowest BCUT2D eigenvalue weighted by molar-refractivity contribution is 0.410. The molecule has 2 heteroatoms. The van der Waals surface area contributed by atoms with Gasteiger partial charge in [0, 0.05) is 6.04 Å². The summed E-state index contributed by atoms with van der Waals surface area (Å²) in [5.41, 5.74) is 4.35. The molecule has 2 aromatic rings. The molecule has 1 aromatic carbocycles. The van der Waals surface area contributed by atoms with Crippen LogP contribution in [0.3, 0.4) is 0 Å². The van der Waals surface area contributed by atoms with Crippen molar-refractivity contribution in [2.75, 3.05) is 7.05 Å². The van der Waals surface area contributed by atoms with E-state index in [1.165, 1.54) is 36.0 Å². The molecule has 1 N–H and O–H groups in total. The van der Waals surface area contributed by atoms with Crippen LogP contribution in [0.5, 0.6) is 0 Å². The van der Waals surface area contributed by atoms with Crippen molar-refractivity contribution in [1.82, 2.24) is 5.32 Å². The zero-order chi connectivity index (χ0) is 13.1. The van der Waals surface area contributed by atoms with Gasteiger partial charge < -0.3 is 9.73 Å². The maximum absolute atomic E-state index is 5.19. The number of nitrogens with one attached hydrogen (secondary N) is 1. The van der Waals surface area contributed by atoms with Gasteiger partial charge in [-0.25, -0.2) is 0 Å². The Labute approximate surface area is 114 Å². The molecule has 1 aliphatic rings. The summed E-state index contributed by atoms with van der Waals surface area (Å²) < 4.78 is 5.19. The van der Waals surface area contributed by atoms with E-state index in [1.807, 2.05) is 6.26 Å². The minimum absolute atomic E-state index is 0.485. The van der Waals surface area contributed by atoms with E-state index in [0.29, 0.717) is 12.0 Å². The second-order valence-corrected chi connectivity index (χ2v) is 5.43. The van der Waals surface area contributed by atoms with Crippen LogP contribution in [0, 0.1) is 0 Å². The monoisotopic (exact) mass is 255 g/mol. The molecule has 0 amide bonds. The molecule has 0 aliphatic heterocycles. The van der Waals surface area contributed by atoms with E-state index >= 15 is 0 Å². The molecule has 100 valence electrons. The van der Waals surface area contributed by atoms with Gasteiger partial charge >= 0.3 is 0 Å². The molecule has 0 fully saturated rings. The molecule has 19 heavy (non-hydrogen) atoms. The number of hydrogen-bond acceptors (Lipinski definition) is 2. The van der Waals surface area contributed by atoms with E-state index in [2.05, 4.69) is 42.7 Å². The fourth-order valence-electron chi connectivity index (χ4n) is 3.32. The van der Waals surface area contributed by atoms with E-state index in [1.54, 1.807) is 6.26 Å².